The molecule has 120 valence electrons. The minimum absolute atomic E-state index is 0.156. The van der Waals surface area contributed by atoms with E-state index in [0.29, 0.717) is 12.3 Å². The van der Waals surface area contributed by atoms with Crippen molar-refractivity contribution in [1.82, 2.24) is 10.2 Å². The van der Waals surface area contributed by atoms with Crippen molar-refractivity contribution in [2.45, 2.75) is 13.0 Å². The third-order valence-corrected chi connectivity index (χ3v) is 4.97. The van der Waals surface area contributed by atoms with E-state index < -0.39 is 0 Å². The number of para-hydroxylation sites is 1. The number of hydrogen-bond acceptors (Lipinski definition) is 4. The molecule has 1 amide bonds. The van der Waals surface area contributed by atoms with Crippen molar-refractivity contribution >= 4 is 28.2 Å². The van der Waals surface area contributed by atoms with Gasteiger partial charge in [0.2, 0.25) is 0 Å². The van der Waals surface area contributed by atoms with Crippen LogP contribution in [0.1, 0.15) is 27.0 Å². The lowest BCUT2D eigenvalue weighted by atomic mass is 10.1. The number of rotatable bonds is 5. The van der Waals surface area contributed by atoms with Gasteiger partial charge in [0.25, 0.3) is 5.91 Å². The van der Waals surface area contributed by atoms with Crippen molar-refractivity contribution in [2.24, 2.45) is 0 Å². The van der Waals surface area contributed by atoms with Gasteiger partial charge in [-0.2, -0.15) is 0 Å². The van der Waals surface area contributed by atoms with E-state index in [9.17, 15) is 4.79 Å². The normalized spacial score (nSPS) is 12.7. The maximum atomic E-state index is 12.5. The average molecular weight is 328 g/mol. The summed E-state index contributed by atoms with van der Waals surface area (Å²) in [5, 5.41) is 6.04. The van der Waals surface area contributed by atoms with Crippen molar-refractivity contribution in [1.29, 1.82) is 0 Å². The molecule has 0 aliphatic rings. The summed E-state index contributed by atoms with van der Waals surface area (Å²) in [5.74, 6) is 0.233. The molecule has 1 atom stereocenters. The zero-order valence-electron chi connectivity index (χ0n) is 13.5. The van der Waals surface area contributed by atoms with Crippen LogP contribution in [0.3, 0.4) is 0 Å². The highest BCUT2D eigenvalue weighted by molar-refractivity contribution is 7.10. The molecule has 0 saturated carbocycles. The zero-order valence-corrected chi connectivity index (χ0v) is 14.3. The van der Waals surface area contributed by atoms with E-state index in [1.54, 1.807) is 11.3 Å². The summed E-state index contributed by atoms with van der Waals surface area (Å²) < 4.78 is 5.72. The maximum absolute atomic E-state index is 12.5. The molecule has 0 saturated heterocycles. The van der Waals surface area contributed by atoms with Crippen molar-refractivity contribution in [3.05, 3.63) is 58.0 Å². The molecule has 0 fully saturated rings. The number of carbonyl (C=O) groups is 1. The highest BCUT2D eigenvalue weighted by Crippen LogP contribution is 2.26. The highest BCUT2D eigenvalue weighted by Gasteiger charge is 2.20. The smallest absolute Gasteiger partial charge is 0.287 e. The lowest BCUT2D eigenvalue weighted by Gasteiger charge is -2.23. The monoisotopic (exact) mass is 328 g/mol. The van der Waals surface area contributed by atoms with Gasteiger partial charge in [-0.3, -0.25) is 4.79 Å². The second-order valence-corrected chi connectivity index (χ2v) is 6.74. The quantitative estimate of drug-likeness (QED) is 0.774. The Morgan fingerprint density at radius 1 is 1.26 bits per heavy atom. The molecule has 2 heterocycles. The van der Waals surface area contributed by atoms with Crippen LogP contribution in [0.4, 0.5) is 0 Å². The van der Waals surface area contributed by atoms with Crippen LogP contribution in [0.5, 0.6) is 0 Å². The molecular weight excluding hydrogens is 308 g/mol. The molecule has 4 nitrogen and oxygen atoms in total. The SMILES string of the molecule is Cc1c(C(=O)NCC(c2cccs2)N(C)C)oc2ccccc12. The van der Waals surface area contributed by atoms with Gasteiger partial charge >= 0.3 is 0 Å². The van der Waals surface area contributed by atoms with Crippen LogP contribution in [-0.2, 0) is 0 Å². The molecule has 5 heteroatoms. The molecular formula is C18H20N2O2S. The zero-order chi connectivity index (χ0) is 16.4. The van der Waals surface area contributed by atoms with Gasteiger partial charge in [-0.25, -0.2) is 0 Å². The van der Waals surface area contributed by atoms with E-state index in [1.807, 2.05) is 51.4 Å². The van der Waals surface area contributed by atoms with E-state index in [2.05, 4.69) is 21.7 Å². The number of fused-ring (bicyclic) bond motifs is 1. The first-order valence-electron chi connectivity index (χ1n) is 7.54. The van der Waals surface area contributed by atoms with Gasteiger partial charge in [-0.15, -0.1) is 11.3 Å². The maximum Gasteiger partial charge on any atom is 0.287 e. The number of amides is 1. The molecule has 3 aromatic rings. The molecule has 0 radical (unpaired) electrons. The average Bonchev–Trinajstić information content (AvgIpc) is 3.16. The molecule has 2 aromatic heterocycles. The van der Waals surface area contributed by atoms with Crippen LogP contribution in [0.15, 0.2) is 46.2 Å². The minimum Gasteiger partial charge on any atom is -0.451 e. The number of carbonyl (C=O) groups excluding carboxylic acids is 1. The van der Waals surface area contributed by atoms with Gasteiger partial charge in [0, 0.05) is 22.4 Å². The Kier molecular flexibility index (Phi) is 4.50. The van der Waals surface area contributed by atoms with Gasteiger partial charge in [0.15, 0.2) is 5.76 Å². The van der Waals surface area contributed by atoms with Crippen molar-refractivity contribution < 1.29 is 9.21 Å². The Morgan fingerprint density at radius 2 is 2.04 bits per heavy atom. The Bertz CT molecular complexity index is 806. The van der Waals surface area contributed by atoms with E-state index in [4.69, 9.17) is 4.42 Å². The molecule has 0 aliphatic carbocycles. The number of furan rings is 1. The summed E-state index contributed by atoms with van der Waals surface area (Å²) in [6.07, 6.45) is 0. The molecule has 0 bridgehead atoms. The largest absolute Gasteiger partial charge is 0.451 e. The van der Waals surface area contributed by atoms with Gasteiger partial charge in [-0.1, -0.05) is 24.3 Å². The Balaban J connectivity index is 1.76. The second-order valence-electron chi connectivity index (χ2n) is 5.76. The molecule has 3 rings (SSSR count). The van der Waals surface area contributed by atoms with Crippen LogP contribution in [0.25, 0.3) is 11.0 Å². The Hall–Kier alpha value is -2.11. The van der Waals surface area contributed by atoms with Crippen LogP contribution in [0.2, 0.25) is 0 Å². The van der Waals surface area contributed by atoms with Crippen LogP contribution >= 0.6 is 11.3 Å². The molecule has 23 heavy (non-hydrogen) atoms. The van der Waals surface area contributed by atoms with Gasteiger partial charge in [0.1, 0.15) is 5.58 Å². The van der Waals surface area contributed by atoms with Gasteiger partial charge < -0.3 is 14.6 Å². The molecule has 1 unspecified atom stereocenters. The Labute approximate surface area is 139 Å². The highest BCUT2D eigenvalue weighted by atomic mass is 32.1. The lowest BCUT2D eigenvalue weighted by Crippen LogP contribution is -2.34. The number of benzene rings is 1. The number of nitrogens with one attached hydrogen (secondary N) is 1. The van der Waals surface area contributed by atoms with Crippen LogP contribution in [-0.4, -0.2) is 31.4 Å². The summed E-state index contributed by atoms with van der Waals surface area (Å²) in [7, 11) is 4.03. The number of nitrogens with zero attached hydrogens (tertiary/aromatic N) is 1. The summed E-state index contributed by atoms with van der Waals surface area (Å²) >= 11 is 1.70. The first kappa shape index (κ1) is 15.8. The molecule has 0 aliphatic heterocycles. The summed E-state index contributed by atoms with van der Waals surface area (Å²) in [6, 6.07) is 12.0. The van der Waals surface area contributed by atoms with Crippen molar-refractivity contribution in [3.63, 3.8) is 0 Å². The second kappa shape index (κ2) is 6.56. The number of aryl methyl sites for hydroxylation is 1. The van der Waals surface area contributed by atoms with Gasteiger partial charge in [0.05, 0.1) is 6.04 Å². The summed E-state index contributed by atoms with van der Waals surface area (Å²) in [5.41, 5.74) is 1.63. The minimum atomic E-state index is -0.165. The standard InChI is InChI=1S/C18H20N2O2S/c1-12-13-7-4-5-8-15(13)22-17(12)18(21)19-11-14(20(2)3)16-9-6-10-23-16/h4-10,14H,11H2,1-3H3,(H,19,21). The number of hydrogen-bond donors (Lipinski definition) is 1. The molecule has 1 aromatic carbocycles. The van der Waals surface area contributed by atoms with Crippen LogP contribution in [0, 0.1) is 6.92 Å². The number of thiophene rings is 1. The summed E-state index contributed by atoms with van der Waals surface area (Å²) in [6.45, 7) is 2.46. The molecule has 1 N–H and O–H groups in total. The third kappa shape index (κ3) is 3.16. The topological polar surface area (TPSA) is 45.5 Å². The predicted octanol–water partition coefficient (Wildman–Crippen LogP) is 3.84. The first-order valence-corrected chi connectivity index (χ1v) is 8.42. The van der Waals surface area contributed by atoms with E-state index in [0.717, 1.165) is 16.5 Å². The first-order chi connectivity index (χ1) is 11.1. The Morgan fingerprint density at radius 3 is 2.70 bits per heavy atom. The molecule has 0 spiro atoms. The van der Waals surface area contributed by atoms with Crippen molar-refractivity contribution in [3.8, 4) is 0 Å². The van der Waals surface area contributed by atoms with Crippen LogP contribution < -0.4 is 5.32 Å². The van der Waals surface area contributed by atoms with Gasteiger partial charge in [-0.05, 0) is 38.5 Å². The fraction of sp³-hybridized carbons (Fsp3) is 0.278. The lowest BCUT2D eigenvalue weighted by molar-refractivity contribution is 0.0916. The fourth-order valence-electron chi connectivity index (χ4n) is 2.68. The summed E-state index contributed by atoms with van der Waals surface area (Å²) in [4.78, 5) is 15.9. The van der Waals surface area contributed by atoms with E-state index >= 15 is 0 Å². The van der Waals surface area contributed by atoms with Crippen molar-refractivity contribution in [2.75, 3.05) is 20.6 Å². The predicted molar refractivity (Wildman–Crippen MR) is 94.0 cm³/mol. The third-order valence-electron chi connectivity index (χ3n) is 4.00. The van der Waals surface area contributed by atoms with E-state index in [-0.39, 0.29) is 11.9 Å². The number of likely N-dealkylation sites (N-methyl/N-ethyl adjacent to an activating group) is 1. The van der Waals surface area contributed by atoms with E-state index in [1.165, 1.54) is 4.88 Å². The fourth-order valence-corrected chi connectivity index (χ4v) is 3.60.